The average Bonchev–Trinajstić information content (AvgIpc) is 3.25. The molecule has 5 rings (SSSR count). The van der Waals surface area contributed by atoms with Crippen molar-refractivity contribution in [3.63, 3.8) is 0 Å². The Morgan fingerprint density at radius 3 is 2.70 bits per heavy atom. The lowest BCUT2D eigenvalue weighted by molar-refractivity contribution is -0.0209. The summed E-state index contributed by atoms with van der Waals surface area (Å²) in [7, 11) is 1.67. The maximum atomic E-state index is 6.48. The summed E-state index contributed by atoms with van der Waals surface area (Å²) < 4.78 is 17.7. The van der Waals surface area contributed by atoms with Crippen molar-refractivity contribution in [2.45, 2.75) is 25.6 Å². The molecule has 2 atom stereocenters. The molecule has 0 radical (unpaired) electrons. The summed E-state index contributed by atoms with van der Waals surface area (Å²) in [6, 6.07) is 18.1. The quantitative estimate of drug-likeness (QED) is 0.619. The van der Waals surface area contributed by atoms with E-state index in [9.17, 15) is 0 Å². The van der Waals surface area contributed by atoms with Crippen LogP contribution >= 0.6 is 0 Å². The predicted molar refractivity (Wildman–Crippen MR) is 114 cm³/mol. The number of nitrogens with zero attached hydrogens (tertiary/aromatic N) is 3. The van der Waals surface area contributed by atoms with Crippen LogP contribution in [0.2, 0.25) is 0 Å². The van der Waals surface area contributed by atoms with Crippen molar-refractivity contribution >= 4 is 5.71 Å². The van der Waals surface area contributed by atoms with E-state index in [1.54, 1.807) is 13.3 Å². The molecule has 0 fully saturated rings. The molecular formula is C24H23N3O3. The number of para-hydroxylation sites is 1. The summed E-state index contributed by atoms with van der Waals surface area (Å²) in [5.74, 6) is 2.35. The van der Waals surface area contributed by atoms with Crippen LogP contribution in [0, 0.1) is 0 Å². The van der Waals surface area contributed by atoms with Crippen molar-refractivity contribution in [2.75, 3.05) is 13.7 Å². The molecule has 3 aromatic rings. The van der Waals surface area contributed by atoms with Crippen molar-refractivity contribution in [3.05, 3.63) is 83.7 Å². The molecule has 30 heavy (non-hydrogen) atoms. The molecule has 0 amide bonds. The molecule has 3 heterocycles. The number of ether oxygens (including phenoxy) is 3. The molecule has 2 aromatic carbocycles. The molecule has 0 spiro atoms. The van der Waals surface area contributed by atoms with E-state index in [2.05, 4.69) is 16.1 Å². The van der Waals surface area contributed by atoms with Gasteiger partial charge in [0.15, 0.2) is 11.5 Å². The fourth-order valence-electron chi connectivity index (χ4n) is 4.07. The van der Waals surface area contributed by atoms with Gasteiger partial charge in [-0.3, -0.25) is 4.98 Å². The van der Waals surface area contributed by atoms with Crippen LogP contribution in [0.4, 0.5) is 0 Å². The molecule has 1 aromatic heterocycles. The summed E-state index contributed by atoms with van der Waals surface area (Å²) in [6.45, 7) is 2.61. The average molecular weight is 401 g/mol. The molecule has 2 aliphatic rings. The number of benzene rings is 2. The molecule has 6 nitrogen and oxygen atoms in total. The van der Waals surface area contributed by atoms with Crippen molar-refractivity contribution in [2.24, 2.45) is 5.10 Å². The fraction of sp³-hybridized carbons (Fsp3) is 0.250. The van der Waals surface area contributed by atoms with Crippen LogP contribution in [-0.2, 0) is 0 Å². The second kappa shape index (κ2) is 7.71. The minimum absolute atomic E-state index is 0.0654. The van der Waals surface area contributed by atoms with Gasteiger partial charge in [0.1, 0.15) is 5.75 Å². The van der Waals surface area contributed by atoms with E-state index in [0.717, 1.165) is 46.1 Å². The van der Waals surface area contributed by atoms with Gasteiger partial charge in [0.25, 0.3) is 0 Å². The topological polar surface area (TPSA) is 56.2 Å². The van der Waals surface area contributed by atoms with E-state index in [1.807, 2.05) is 61.7 Å². The van der Waals surface area contributed by atoms with E-state index in [0.29, 0.717) is 6.61 Å². The smallest absolute Gasteiger partial charge is 0.214 e. The van der Waals surface area contributed by atoms with Gasteiger partial charge in [0.2, 0.25) is 6.23 Å². The first-order valence-electron chi connectivity index (χ1n) is 10.1. The molecule has 6 heteroatoms. The molecule has 0 saturated heterocycles. The van der Waals surface area contributed by atoms with Crippen molar-refractivity contribution < 1.29 is 14.2 Å². The van der Waals surface area contributed by atoms with Crippen LogP contribution in [0.1, 0.15) is 42.3 Å². The van der Waals surface area contributed by atoms with Gasteiger partial charge in [-0.15, -0.1) is 0 Å². The monoisotopic (exact) mass is 401 g/mol. The standard InChI is InChI=1S/C24H23N3O3/c1-3-29-18-11-9-16(10-12-18)24-27-21(14-20(26-27)17-6-5-13-25-15-17)19-7-4-8-22(28-2)23(19)30-24/h4-13,15,21,24H,3,14H2,1-2H3. The number of hydrogen-bond donors (Lipinski definition) is 0. The number of fused-ring (bicyclic) bond motifs is 3. The van der Waals surface area contributed by atoms with Crippen LogP contribution in [0.5, 0.6) is 17.2 Å². The lowest BCUT2D eigenvalue weighted by atomic mass is 9.96. The molecule has 0 N–H and O–H groups in total. The summed E-state index contributed by atoms with van der Waals surface area (Å²) in [5, 5.41) is 7.02. The number of hydrazone groups is 1. The maximum Gasteiger partial charge on any atom is 0.214 e. The molecule has 0 aliphatic carbocycles. The van der Waals surface area contributed by atoms with E-state index >= 15 is 0 Å². The first-order valence-corrected chi connectivity index (χ1v) is 10.1. The van der Waals surface area contributed by atoms with Gasteiger partial charge in [-0.25, -0.2) is 5.01 Å². The van der Waals surface area contributed by atoms with E-state index in [-0.39, 0.29) is 12.3 Å². The van der Waals surface area contributed by atoms with Gasteiger partial charge >= 0.3 is 0 Å². The third-order valence-electron chi connectivity index (χ3n) is 5.47. The van der Waals surface area contributed by atoms with E-state index < -0.39 is 0 Å². The predicted octanol–water partition coefficient (Wildman–Crippen LogP) is 4.73. The third kappa shape index (κ3) is 3.14. The molecule has 152 valence electrons. The van der Waals surface area contributed by atoms with Gasteiger partial charge < -0.3 is 14.2 Å². The lowest BCUT2D eigenvalue weighted by Crippen LogP contribution is -2.33. The van der Waals surface area contributed by atoms with Gasteiger partial charge in [-0.1, -0.05) is 18.2 Å². The zero-order chi connectivity index (χ0) is 20.5. The number of methoxy groups -OCH3 is 1. The Labute approximate surface area is 175 Å². The van der Waals surface area contributed by atoms with Crippen LogP contribution in [0.3, 0.4) is 0 Å². The molecular weight excluding hydrogens is 378 g/mol. The number of hydrogen-bond acceptors (Lipinski definition) is 6. The number of aromatic nitrogens is 1. The summed E-state index contributed by atoms with van der Waals surface area (Å²) in [4.78, 5) is 4.26. The zero-order valence-corrected chi connectivity index (χ0v) is 17.0. The molecule has 2 unspecified atom stereocenters. The largest absolute Gasteiger partial charge is 0.494 e. The maximum absolute atomic E-state index is 6.48. The Balaban J connectivity index is 1.58. The summed E-state index contributed by atoms with van der Waals surface area (Å²) in [5.41, 5.74) is 4.13. The minimum Gasteiger partial charge on any atom is -0.494 e. The SMILES string of the molecule is CCOc1ccc(C2Oc3c(OC)cccc3C3CC(c4cccnc4)=NN32)cc1. The fourth-order valence-corrected chi connectivity index (χ4v) is 4.07. The minimum atomic E-state index is -0.358. The summed E-state index contributed by atoms with van der Waals surface area (Å²) in [6.07, 6.45) is 4.06. The lowest BCUT2D eigenvalue weighted by Gasteiger charge is -2.38. The summed E-state index contributed by atoms with van der Waals surface area (Å²) >= 11 is 0. The van der Waals surface area contributed by atoms with Gasteiger partial charge in [-0.2, -0.15) is 5.10 Å². The van der Waals surface area contributed by atoms with Crippen molar-refractivity contribution in [1.82, 2.24) is 9.99 Å². The van der Waals surface area contributed by atoms with Crippen LogP contribution in [0.25, 0.3) is 0 Å². The Hall–Kier alpha value is -3.54. The van der Waals surface area contributed by atoms with Gasteiger partial charge in [-0.05, 0) is 43.3 Å². The zero-order valence-electron chi connectivity index (χ0n) is 17.0. The Kier molecular flexibility index (Phi) is 4.75. The highest BCUT2D eigenvalue weighted by Gasteiger charge is 2.42. The first-order chi connectivity index (χ1) is 14.8. The van der Waals surface area contributed by atoms with Crippen molar-refractivity contribution in [1.29, 1.82) is 0 Å². The highest BCUT2D eigenvalue weighted by Crippen LogP contribution is 2.50. The molecule has 0 bridgehead atoms. The number of rotatable bonds is 5. The Morgan fingerprint density at radius 1 is 1.10 bits per heavy atom. The highest BCUT2D eigenvalue weighted by molar-refractivity contribution is 6.01. The normalized spacial score (nSPS) is 19.4. The van der Waals surface area contributed by atoms with E-state index in [4.69, 9.17) is 19.3 Å². The van der Waals surface area contributed by atoms with Crippen LogP contribution in [-0.4, -0.2) is 29.4 Å². The highest BCUT2D eigenvalue weighted by atomic mass is 16.5. The van der Waals surface area contributed by atoms with Crippen LogP contribution < -0.4 is 14.2 Å². The molecule has 0 saturated carbocycles. The molecule has 2 aliphatic heterocycles. The first kappa shape index (κ1) is 18.5. The van der Waals surface area contributed by atoms with E-state index in [1.165, 1.54) is 0 Å². The van der Waals surface area contributed by atoms with Gasteiger partial charge in [0.05, 0.1) is 25.5 Å². The Bertz CT molecular complexity index is 1070. The number of pyridine rings is 1. The van der Waals surface area contributed by atoms with Crippen molar-refractivity contribution in [3.8, 4) is 17.2 Å². The second-order valence-electron chi connectivity index (χ2n) is 7.24. The van der Waals surface area contributed by atoms with Gasteiger partial charge in [0, 0.05) is 35.5 Å². The Morgan fingerprint density at radius 2 is 1.97 bits per heavy atom. The third-order valence-corrected chi connectivity index (χ3v) is 5.47. The second-order valence-corrected chi connectivity index (χ2v) is 7.24. The van der Waals surface area contributed by atoms with Crippen LogP contribution in [0.15, 0.2) is 72.1 Å².